The van der Waals surface area contributed by atoms with Crippen LogP contribution in [0, 0.1) is 0 Å². The molecule has 0 amide bonds. The lowest BCUT2D eigenvalue weighted by atomic mass is 10.3. The number of carboxylic acid groups (broad SMARTS) is 1. The van der Waals surface area contributed by atoms with Crippen molar-refractivity contribution in [1.82, 2.24) is 9.97 Å². The quantitative estimate of drug-likeness (QED) is 0.835. The molecule has 0 spiro atoms. The van der Waals surface area contributed by atoms with E-state index in [1.807, 2.05) is 24.3 Å². The van der Waals surface area contributed by atoms with Gasteiger partial charge in [-0.25, -0.2) is 9.78 Å². The maximum Gasteiger partial charge on any atom is 0.342 e. The van der Waals surface area contributed by atoms with Crippen molar-refractivity contribution < 1.29 is 9.90 Å². The van der Waals surface area contributed by atoms with Gasteiger partial charge in [-0.15, -0.1) is 11.8 Å². The van der Waals surface area contributed by atoms with Gasteiger partial charge in [-0.1, -0.05) is 12.1 Å². The average Bonchev–Trinajstić information content (AvgIpc) is 2.37. The van der Waals surface area contributed by atoms with E-state index in [0.717, 1.165) is 15.6 Å². The Balaban J connectivity index is 2.13. The van der Waals surface area contributed by atoms with Gasteiger partial charge in [0.25, 0.3) is 5.56 Å². The van der Waals surface area contributed by atoms with Crippen LogP contribution in [-0.2, 0) is 5.75 Å². The molecule has 0 aliphatic heterocycles. The highest BCUT2D eigenvalue weighted by Crippen LogP contribution is 2.28. The van der Waals surface area contributed by atoms with Crippen molar-refractivity contribution in [2.24, 2.45) is 0 Å². The van der Waals surface area contributed by atoms with Crippen LogP contribution >= 0.6 is 27.7 Å². The van der Waals surface area contributed by atoms with Crippen LogP contribution in [0.15, 0.2) is 44.6 Å². The molecule has 5 nitrogen and oxygen atoms in total. The smallest absolute Gasteiger partial charge is 0.342 e. The molecule has 2 N–H and O–H groups in total. The van der Waals surface area contributed by atoms with Crippen LogP contribution in [0.5, 0.6) is 0 Å². The first kappa shape index (κ1) is 13.8. The van der Waals surface area contributed by atoms with E-state index >= 15 is 0 Å². The Morgan fingerprint density at radius 1 is 1.42 bits per heavy atom. The van der Waals surface area contributed by atoms with E-state index in [1.165, 1.54) is 11.8 Å². The first-order valence-corrected chi connectivity index (χ1v) is 7.04. The number of H-pyrrole nitrogens is 1. The number of aromatic carboxylic acids is 1. The fraction of sp³-hybridized carbons (Fsp3) is 0.0833. The number of aromatic nitrogens is 2. The van der Waals surface area contributed by atoms with Crippen LogP contribution in [0.2, 0.25) is 0 Å². The summed E-state index contributed by atoms with van der Waals surface area (Å²) >= 11 is 4.92. The van der Waals surface area contributed by atoms with E-state index in [-0.39, 0.29) is 5.56 Å². The van der Waals surface area contributed by atoms with Crippen molar-refractivity contribution in [3.63, 3.8) is 0 Å². The van der Waals surface area contributed by atoms with E-state index in [4.69, 9.17) is 5.11 Å². The zero-order chi connectivity index (χ0) is 13.8. The number of aromatic amines is 1. The Labute approximate surface area is 121 Å². The maximum atomic E-state index is 11.5. The van der Waals surface area contributed by atoms with Crippen molar-refractivity contribution >= 4 is 33.7 Å². The van der Waals surface area contributed by atoms with Crippen molar-refractivity contribution in [3.05, 3.63) is 56.7 Å². The number of nitrogens with zero attached hydrogens (tertiary/aromatic N) is 1. The topological polar surface area (TPSA) is 83.0 Å². The molecule has 0 bridgehead atoms. The lowest BCUT2D eigenvalue weighted by molar-refractivity contribution is 0.0694. The van der Waals surface area contributed by atoms with Crippen molar-refractivity contribution in [2.75, 3.05) is 0 Å². The number of carboxylic acids is 1. The summed E-state index contributed by atoms with van der Waals surface area (Å²) in [5, 5.41) is 8.73. The minimum atomic E-state index is -1.28. The lowest BCUT2D eigenvalue weighted by Crippen LogP contribution is -2.19. The molecule has 98 valence electrons. The summed E-state index contributed by atoms with van der Waals surface area (Å²) in [4.78, 5) is 29.6. The van der Waals surface area contributed by atoms with Gasteiger partial charge in [0.2, 0.25) is 0 Å². The van der Waals surface area contributed by atoms with Crippen LogP contribution in [0.25, 0.3) is 0 Å². The van der Waals surface area contributed by atoms with Crippen LogP contribution in [0.4, 0.5) is 0 Å². The number of rotatable bonds is 4. The van der Waals surface area contributed by atoms with Gasteiger partial charge in [-0.05, 0) is 28.1 Å². The largest absolute Gasteiger partial charge is 0.477 e. The van der Waals surface area contributed by atoms with E-state index in [1.54, 1.807) is 0 Å². The van der Waals surface area contributed by atoms with E-state index in [9.17, 15) is 9.59 Å². The third-order valence-corrected chi connectivity index (χ3v) is 4.32. The van der Waals surface area contributed by atoms with E-state index < -0.39 is 11.5 Å². The summed E-state index contributed by atoms with van der Waals surface area (Å²) in [6.45, 7) is 0. The van der Waals surface area contributed by atoms with Crippen LogP contribution < -0.4 is 5.56 Å². The molecule has 0 unspecified atom stereocenters. The highest BCUT2D eigenvalue weighted by molar-refractivity contribution is 9.10. The number of nitrogens with one attached hydrogen (secondary N) is 1. The molecule has 0 fully saturated rings. The minimum Gasteiger partial charge on any atom is -0.477 e. The summed E-state index contributed by atoms with van der Waals surface area (Å²) in [7, 11) is 0. The van der Waals surface area contributed by atoms with Gasteiger partial charge >= 0.3 is 5.97 Å². The standard InChI is InChI=1S/C12H9BrN2O3S/c13-8-3-1-2-4-9(8)19-6-10-14-5-7(12(17)18)11(16)15-10/h1-5H,6H2,(H,17,18)(H,14,15,16). The molecular formula is C12H9BrN2O3S. The number of halogens is 1. The molecule has 0 atom stereocenters. The molecule has 1 aromatic carbocycles. The minimum absolute atomic E-state index is 0.352. The van der Waals surface area contributed by atoms with Gasteiger partial charge in [-0.2, -0.15) is 0 Å². The molecule has 0 saturated carbocycles. The SMILES string of the molecule is O=C(O)c1cnc(CSc2ccccc2Br)[nH]c1=O. The summed E-state index contributed by atoms with van der Waals surface area (Å²) in [5.41, 5.74) is -0.986. The maximum absolute atomic E-state index is 11.5. The average molecular weight is 341 g/mol. The predicted octanol–water partition coefficient (Wildman–Crippen LogP) is 2.52. The van der Waals surface area contributed by atoms with E-state index in [2.05, 4.69) is 25.9 Å². The third kappa shape index (κ3) is 3.45. The van der Waals surface area contributed by atoms with Gasteiger partial charge in [0, 0.05) is 15.6 Å². The second kappa shape index (κ2) is 6.03. The summed E-state index contributed by atoms with van der Waals surface area (Å²) in [6, 6.07) is 7.69. The Morgan fingerprint density at radius 2 is 2.16 bits per heavy atom. The second-order valence-corrected chi connectivity index (χ2v) is 5.47. The van der Waals surface area contributed by atoms with Crippen LogP contribution in [-0.4, -0.2) is 21.0 Å². The van der Waals surface area contributed by atoms with Gasteiger partial charge in [0.05, 0.1) is 5.75 Å². The zero-order valence-electron chi connectivity index (χ0n) is 9.59. The first-order chi connectivity index (χ1) is 9.08. The Bertz CT molecular complexity index is 672. The number of carbonyl (C=O) groups is 1. The Morgan fingerprint density at radius 3 is 2.79 bits per heavy atom. The molecule has 0 aliphatic carbocycles. The van der Waals surface area contributed by atoms with Gasteiger partial charge in [0.1, 0.15) is 11.4 Å². The molecule has 1 heterocycles. The molecule has 7 heteroatoms. The number of hydrogen-bond donors (Lipinski definition) is 2. The molecule has 2 rings (SSSR count). The van der Waals surface area contributed by atoms with Crippen molar-refractivity contribution in [1.29, 1.82) is 0 Å². The predicted molar refractivity (Wildman–Crippen MR) is 75.5 cm³/mol. The molecule has 0 saturated heterocycles. The normalized spacial score (nSPS) is 10.4. The first-order valence-electron chi connectivity index (χ1n) is 5.27. The van der Waals surface area contributed by atoms with Crippen molar-refractivity contribution in [2.45, 2.75) is 10.6 Å². The lowest BCUT2D eigenvalue weighted by Gasteiger charge is -2.03. The van der Waals surface area contributed by atoms with Crippen LogP contribution in [0.1, 0.15) is 16.2 Å². The van der Waals surface area contributed by atoms with Gasteiger partial charge in [0.15, 0.2) is 0 Å². The monoisotopic (exact) mass is 340 g/mol. The highest BCUT2D eigenvalue weighted by atomic mass is 79.9. The van der Waals surface area contributed by atoms with Crippen molar-refractivity contribution in [3.8, 4) is 0 Å². The number of benzene rings is 1. The Kier molecular flexibility index (Phi) is 4.39. The third-order valence-electron chi connectivity index (χ3n) is 2.28. The van der Waals surface area contributed by atoms with E-state index in [0.29, 0.717) is 11.6 Å². The molecule has 1 aromatic heterocycles. The summed E-state index contributed by atoms with van der Waals surface area (Å²) in [6.07, 6.45) is 1.08. The highest BCUT2D eigenvalue weighted by Gasteiger charge is 2.10. The molecular weight excluding hydrogens is 332 g/mol. The molecule has 0 radical (unpaired) electrons. The molecule has 2 aromatic rings. The zero-order valence-corrected chi connectivity index (χ0v) is 12.0. The summed E-state index contributed by atoms with van der Waals surface area (Å²) in [5.74, 6) is -0.382. The number of thioether (sulfide) groups is 1. The fourth-order valence-corrected chi connectivity index (χ4v) is 2.81. The van der Waals surface area contributed by atoms with Crippen LogP contribution in [0.3, 0.4) is 0 Å². The number of hydrogen-bond acceptors (Lipinski definition) is 4. The fourth-order valence-electron chi connectivity index (χ4n) is 1.37. The van der Waals surface area contributed by atoms with Gasteiger partial charge in [-0.3, -0.25) is 4.79 Å². The molecule has 0 aliphatic rings. The Hall–Kier alpha value is -1.60. The second-order valence-electron chi connectivity index (χ2n) is 3.60. The summed E-state index contributed by atoms with van der Waals surface area (Å²) < 4.78 is 0.963. The molecule has 19 heavy (non-hydrogen) atoms. The van der Waals surface area contributed by atoms with Gasteiger partial charge < -0.3 is 10.1 Å².